The average molecular weight is 363 g/mol. The Morgan fingerprint density at radius 2 is 1.72 bits per heavy atom. The average Bonchev–Trinajstić information content (AvgIpc) is 2.62. The first-order valence-corrected chi connectivity index (χ1v) is 8.51. The molecule has 1 N–H and O–H groups in total. The molecule has 132 valence electrons. The largest absolute Gasteiger partial charge is 0.355 e. The molecule has 6 heteroatoms. The van der Waals surface area contributed by atoms with E-state index in [9.17, 15) is 14.0 Å². The fourth-order valence-corrected chi connectivity index (χ4v) is 2.43. The number of carbonyl (C=O) groups excluding carboxylic acids is 2. The van der Waals surface area contributed by atoms with Crippen molar-refractivity contribution >= 4 is 29.1 Å². The van der Waals surface area contributed by atoms with Gasteiger partial charge < -0.3 is 10.2 Å². The molecule has 0 aliphatic rings. The van der Waals surface area contributed by atoms with Crippen molar-refractivity contribution in [2.75, 3.05) is 23.9 Å². The minimum absolute atomic E-state index is 0.0933. The number of nitrogens with zero attached hydrogens (tertiary/aromatic N) is 1. The zero-order valence-corrected chi connectivity index (χ0v) is 14.7. The third kappa shape index (κ3) is 5.57. The van der Waals surface area contributed by atoms with Gasteiger partial charge in [-0.25, -0.2) is 4.39 Å². The molecule has 25 heavy (non-hydrogen) atoms. The van der Waals surface area contributed by atoms with E-state index in [1.165, 1.54) is 12.1 Å². The second-order valence-corrected chi connectivity index (χ2v) is 5.90. The Bertz CT molecular complexity index is 717. The summed E-state index contributed by atoms with van der Waals surface area (Å²) < 4.78 is 13.2. The first-order valence-electron chi connectivity index (χ1n) is 7.98. The molecule has 0 spiro atoms. The molecule has 0 bridgehead atoms. The summed E-state index contributed by atoms with van der Waals surface area (Å²) in [5.74, 6) is -0.875. The van der Waals surface area contributed by atoms with Crippen molar-refractivity contribution in [2.24, 2.45) is 0 Å². The van der Waals surface area contributed by atoms with E-state index in [2.05, 4.69) is 5.32 Å². The maximum Gasteiger partial charge on any atom is 0.258 e. The van der Waals surface area contributed by atoms with Gasteiger partial charge in [0.05, 0.1) is 0 Å². The van der Waals surface area contributed by atoms with Crippen molar-refractivity contribution in [3.63, 3.8) is 0 Å². The van der Waals surface area contributed by atoms with Crippen LogP contribution < -0.4 is 10.2 Å². The summed E-state index contributed by atoms with van der Waals surface area (Å²) >= 11 is 5.44. The van der Waals surface area contributed by atoms with Crippen LogP contribution in [0.2, 0.25) is 0 Å². The van der Waals surface area contributed by atoms with Gasteiger partial charge in [-0.3, -0.25) is 9.59 Å². The Morgan fingerprint density at radius 3 is 2.32 bits per heavy atom. The standard InChI is InChI=1S/C19H20ClFN2O2/c1-14-3-5-15(6-4-14)19(25)23(12-2-11-22-18(24)13-20)17-9-7-16(21)8-10-17/h3-10H,2,11-13H2,1H3,(H,22,24). The smallest absolute Gasteiger partial charge is 0.258 e. The highest BCUT2D eigenvalue weighted by Crippen LogP contribution is 2.18. The molecular weight excluding hydrogens is 343 g/mol. The fraction of sp³-hybridized carbons (Fsp3) is 0.263. The van der Waals surface area contributed by atoms with Crippen molar-refractivity contribution in [3.8, 4) is 0 Å². The molecule has 0 fully saturated rings. The van der Waals surface area contributed by atoms with Gasteiger partial charge in [0, 0.05) is 24.3 Å². The van der Waals surface area contributed by atoms with Crippen LogP contribution in [0.15, 0.2) is 48.5 Å². The Hall–Kier alpha value is -2.40. The van der Waals surface area contributed by atoms with Crippen molar-refractivity contribution in [3.05, 3.63) is 65.5 Å². The van der Waals surface area contributed by atoms with Crippen LogP contribution in [0.4, 0.5) is 10.1 Å². The lowest BCUT2D eigenvalue weighted by Crippen LogP contribution is -2.34. The molecule has 0 aromatic heterocycles. The number of anilines is 1. The van der Waals surface area contributed by atoms with Crippen molar-refractivity contribution in [1.29, 1.82) is 0 Å². The number of amides is 2. The van der Waals surface area contributed by atoms with E-state index < -0.39 is 0 Å². The molecule has 0 aliphatic heterocycles. The summed E-state index contributed by atoms with van der Waals surface area (Å²) in [5, 5.41) is 2.67. The minimum Gasteiger partial charge on any atom is -0.355 e. The minimum atomic E-state index is -0.360. The monoisotopic (exact) mass is 362 g/mol. The lowest BCUT2D eigenvalue weighted by Gasteiger charge is -2.23. The molecule has 4 nitrogen and oxygen atoms in total. The normalized spacial score (nSPS) is 10.4. The van der Waals surface area contributed by atoms with Gasteiger partial charge in [0.15, 0.2) is 0 Å². The Balaban J connectivity index is 2.13. The van der Waals surface area contributed by atoms with E-state index in [-0.39, 0.29) is 23.5 Å². The first kappa shape index (κ1) is 18.9. The van der Waals surface area contributed by atoms with Crippen LogP contribution in [-0.4, -0.2) is 30.8 Å². The molecule has 0 saturated heterocycles. The highest BCUT2D eigenvalue weighted by atomic mass is 35.5. The van der Waals surface area contributed by atoms with Gasteiger partial charge in [-0.05, 0) is 49.7 Å². The predicted molar refractivity (Wildman–Crippen MR) is 97.6 cm³/mol. The van der Waals surface area contributed by atoms with E-state index in [1.54, 1.807) is 29.2 Å². The molecule has 0 radical (unpaired) electrons. The SMILES string of the molecule is Cc1ccc(C(=O)N(CCCNC(=O)CCl)c2ccc(F)cc2)cc1. The summed E-state index contributed by atoms with van der Waals surface area (Å²) in [6, 6.07) is 13.1. The molecule has 2 aromatic rings. The van der Waals surface area contributed by atoms with Gasteiger partial charge in [-0.1, -0.05) is 17.7 Å². The number of hydrogen-bond acceptors (Lipinski definition) is 2. The first-order chi connectivity index (χ1) is 12.0. The summed E-state index contributed by atoms with van der Waals surface area (Å²) in [5.41, 5.74) is 2.23. The van der Waals surface area contributed by atoms with E-state index in [4.69, 9.17) is 11.6 Å². The van der Waals surface area contributed by atoms with E-state index >= 15 is 0 Å². The van der Waals surface area contributed by atoms with Crippen LogP contribution in [0.5, 0.6) is 0 Å². The topological polar surface area (TPSA) is 49.4 Å². The highest BCUT2D eigenvalue weighted by Gasteiger charge is 2.17. The molecule has 0 heterocycles. The molecule has 2 aromatic carbocycles. The highest BCUT2D eigenvalue weighted by molar-refractivity contribution is 6.27. The number of alkyl halides is 1. The van der Waals surface area contributed by atoms with Crippen LogP contribution in [0.1, 0.15) is 22.3 Å². The summed E-state index contributed by atoms with van der Waals surface area (Å²) in [7, 11) is 0. The van der Waals surface area contributed by atoms with Gasteiger partial charge in [0.1, 0.15) is 11.7 Å². The van der Waals surface area contributed by atoms with Crippen LogP contribution in [0, 0.1) is 12.7 Å². The maximum absolute atomic E-state index is 13.2. The number of benzene rings is 2. The van der Waals surface area contributed by atoms with E-state index in [0.717, 1.165) is 5.56 Å². The van der Waals surface area contributed by atoms with Crippen molar-refractivity contribution in [2.45, 2.75) is 13.3 Å². The number of hydrogen-bond donors (Lipinski definition) is 1. The van der Waals surface area contributed by atoms with Crippen LogP contribution >= 0.6 is 11.6 Å². The summed E-state index contributed by atoms with van der Waals surface area (Å²) in [6.45, 7) is 2.75. The van der Waals surface area contributed by atoms with Crippen LogP contribution in [-0.2, 0) is 4.79 Å². The predicted octanol–water partition coefficient (Wildman–Crippen LogP) is 3.53. The third-order valence-corrected chi connectivity index (χ3v) is 3.93. The number of carbonyl (C=O) groups is 2. The number of nitrogens with one attached hydrogen (secondary N) is 1. The Kier molecular flexibility index (Phi) is 6.95. The van der Waals surface area contributed by atoms with Crippen molar-refractivity contribution in [1.82, 2.24) is 5.32 Å². The maximum atomic E-state index is 13.2. The second kappa shape index (κ2) is 9.18. The molecule has 2 rings (SSSR count). The van der Waals surface area contributed by atoms with Gasteiger partial charge in [0.2, 0.25) is 5.91 Å². The van der Waals surface area contributed by atoms with Gasteiger partial charge >= 0.3 is 0 Å². The van der Waals surface area contributed by atoms with E-state index in [1.807, 2.05) is 19.1 Å². The zero-order valence-electron chi connectivity index (χ0n) is 14.0. The number of halogens is 2. The molecule has 0 atom stereocenters. The molecule has 2 amide bonds. The molecule has 0 saturated carbocycles. The van der Waals surface area contributed by atoms with Crippen LogP contribution in [0.25, 0.3) is 0 Å². The number of aryl methyl sites for hydroxylation is 1. The number of rotatable bonds is 7. The fourth-order valence-electron chi connectivity index (χ4n) is 2.33. The van der Waals surface area contributed by atoms with Gasteiger partial charge in [-0.15, -0.1) is 11.6 Å². The third-order valence-electron chi connectivity index (χ3n) is 3.68. The van der Waals surface area contributed by atoms with Gasteiger partial charge in [-0.2, -0.15) is 0 Å². The van der Waals surface area contributed by atoms with Gasteiger partial charge in [0.25, 0.3) is 5.91 Å². The molecule has 0 aliphatic carbocycles. The van der Waals surface area contributed by atoms with Crippen molar-refractivity contribution < 1.29 is 14.0 Å². The summed E-state index contributed by atoms with van der Waals surface area (Å²) in [4.78, 5) is 25.6. The quantitative estimate of drug-likeness (QED) is 0.605. The summed E-state index contributed by atoms with van der Waals surface area (Å²) in [6.07, 6.45) is 0.553. The Labute approximate surface area is 151 Å². The van der Waals surface area contributed by atoms with E-state index in [0.29, 0.717) is 30.8 Å². The molecule has 0 unspecified atom stereocenters. The second-order valence-electron chi connectivity index (χ2n) is 5.64. The lowest BCUT2D eigenvalue weighted by molar-refractivity contribution is -0.118. The van der Waals surface area contributed by atoms with Crippen LogP contribution in [0.3, 0.4) is 0 Å². The zero-order chi connectivity index (χ0) is 18.2. The lowest BCUT2D eigenvalue weighted by atomic mass is 10.1. The Morgan fingerprint density at radius 1 is 1.08 bits per heavy atom. The molecular formula is C19H20ClFN2O2.